The Bertz CT molecular complexity index is 671. The van der Waals surface area contributed by atoms with Gasteiger partial charge in [-0.1, -0.05) is 149 Å². The van der Waals surface area contributed by atoms with Gasteiger partial charge in [-0.05, 0) is 77.3 Å². The van der Waals surface area contributed by atoms with Crippen molar-refractivity contribution < 1.29 is 24.2 Å². The maximum Gasteiger partial charge on any atom is 0.306 e. The summed E-state index contributed by atoms with van der Waals surface area (Å²) >= 11 is 0. The van der Waals surface area contributed by atoms with Gasteiger partial charge in [0, 0.05) is 26.0 Å². The van der Waals surface area contributed by atoms with E-state index >= 15 is 0 Å². The molecular formula is C43H85NO5. The van der Waals surface area contributed by atoms with Crippen molar-refractivity contribution in [3.63, 3.8) is 0 Å². The summed E-state index contributed by atoms with van der Waals surface area (Å²) in [5.41, 5.74) is 0. The number of unbranched alkanes of at least 4 members (excludes halogenated alkanes) is 22. The van der Waals surface area contributed by atoms with Crippen molar-refractivity contribution in [1.29, 1.82) is 0 Å². The second-order valence-corrected chi connectivity index (χ2v) is 14.8. The van der Waals surface area contributed by atoms with E-state index in [1.54, 1.807) is 0 Å². The molecule has 0 radical (unpaired) electrons. The summed E-state index contributed by atoms with van der Waals surface area (Å²) < 4.78 is 11.4. The maximum atomic E-state index is 12.7. The second kappa shape index (κ2) is 39.6. The highest BCUT2D eigenvalue weighted by molar-refractivity contribution is 5.69. The van der Waals surface area contributed by atoms with Gasteiger partial charge in [-0.25, -0.2) is 0 Å². The molecule has 0 rings (SSSR count). The molecule has 0 bridgehead atoms. The molecule has 0 aromatic heterocycles. The van der Waals surface area contributed by atoms with E-state index in [9.17, 15) is 14.7 Å². The molecule has 0 aliphatic carbocycles. The van der Waals surface area contributed by atoms with Gasteiger partial charge in [-0.15, -0.1) is 0 Å². The Kier molecular flexibility index (Phi) is 38.7. The average Bonchev–Trinajstić information content (AvgIpc) is 3.10. The molecule has 292 valence electrons. The molecule has 0 fully saturated rings. The Hall–Kier alpha value is -1.14. The normalized spacial score (nSPS) is 11.6. The van der Waals surface area contributed by atoms with Crippen molar-refractivity contribution >= 4 is 11.9 Å². The summed E-state index contributed by atoms with van der Waals surface area (Å²) in [6.07, 6.45) is 36.6. The van der Waals surface area contributed by atoms with Crippen LogP contribution >= 0.6 is 0 Å². The first-order chi connectivity index (χ1) is 24.1. The van der Waals surface area contributed by atoms with E-state index in [-0.39, 0.29) is 24.6 Å². The molecule has 6 nitrogen and oxygen atoms in total. The van der Waals surface area contributed by atoms with Crippen LogP contribution in [0.3, 0.4) is 0 Å². The zero-order valence-electron chi connectivity index (χ0n) is 33.3. The van der Waals surface area contributed by atoms with Crippen LogP contribution in [-0.2, 0) is 19.1 Å². The van der Waals surface area contributed by atoms with Crippen LogP contribution in [-0.4, -0.2) is 60.9 Å². The summed E-state index contributed by atoms with van der Waals surface area (Å²) in [4.78, 5) is 27.1. The van der Waals surface area contributed by atoms with Crippen LogP contribution in [0.4, 0.5) is 0 Å². The lowest BCUT2D eigenvalue weighted by atomic mass is 10.0. The first-order valence-corrected chi connectivity index (χ1v) is 21.8. The third kappa shape index (κ3) is 36.5. The predicted molar refractivity (Wildman–Crippen MR) is 209 cm³/mol. The Morgan fingerprint density at radius 2 is 0.857 bits per heavy atom. The van der Waals surface area contributed by atoms with Crippen LogP contribution in [0, 0.1) is 0 Å². The highest BCUT2D eigenvalue weighted by Crippen LogP contribution is 2.18. The third-order valence-corrected chi connectivity index (χ3v) is 9.91. The minimum atomic E-state index is -0.0307. The van der Waals surface area contributed by atoms with E-state index in [1.807, 2.05) is 0 Å². The molecular weight excluding hydrogens is 610 g/mol. The zero-order valence-corrected chi connectivity index (χ0v) is 33.3. The number of esters is 2. The quantitative estimate of drug-likeness (QED) is 0.0508. The number of hydrogen-bond acceptors (Lipinski definition) is 6. The topological polar surface area (TPSA) is 76.1 Å². The van der Waals surface area contributed by atoms with Crippen LogP contribution in [0.15, 0.2) is 0 Å². The highest BCUT2D eigenvalue weighted by atomic mass is 16.5. The van der Waals surface area contributed by atoms with E-state index in [2.05, 4.69) is 25.7 Å². The molecule has 1 N–H and O–H groups in total. The van der Waals surface area contributed by atoms with Crippen LogP contribution in [0.25, 0.3) is 0 Å². The fourth-order valence-electron chi connectivity index (χ4n) is 6.68. The van der Waals surface area contributed by atoms with E-state index < -0.39 is 0 Å². The van der Waals surface area contributed by atoms with Crippen LogP contribution < -0.4 is 0 Å². The summed E-state index contributed by atoms with van der Waals surface area (Å²) in [6, 6.07) is 0. The number of ether oxygens (including phenoxy) is 2. The molecule has 0 heterocycles. The number of carbonyl (C=O) groups is 2. The van der Waals surface area contributed by atoms with Gasteiger partial charge in [-0.2, -0.15) is 0 Å². The highest BCUT2D eigenvalue weighted by Gasteiger charge is 2.14. The average molecular weight is 696 g/mol. The first kappa shape index (κ1) is 47.9. The maximum absolute atomic E-state index is 12.7. The van der Waals surface area contributed by atoms with E-state index in [4.69, 9.17) is 9.47 Å². The second-order valence-electron chi connectivity index (χ2n) is 14.8. The number of carbonyl (C=O) groups excluding carboxylic acids is 2. The number of aliphatic hydroxyl groups excluding tert-OH is 1. The number of hydrogen-bond donors (Lipinski definition) is 1. The fourth-order valence-corrected chi connectivity index (χ4v) is 6.68. The SMILES string of the molecule is CCCCCCCCC(CCCCCCCC)OC(=O)CCCCCCCN(CCCO)CCCCCCCC(=O)OCCCCCCC. The van der Waals surface area contributed by atoms with E-state index in [1.165, 1.54) is 135 Å². The van der Waals surface area contributed by atoms with Gasteiger partial charge in [0.25, 0.3) is 0 Å². The Balaban J connectivity index is 4.05. The van der Waals surface area contributed by atoms with Gasteiger partial charge in [0.2, 0.25) is 0 Å². The molecule has 0 aromatic carbocycles. The summed E-state index contributed by atoms with van der Waals surface area (Å²) in [7, 11) is 0. The Labute approximate surface area is 305 Å². The van der Waals surface area contributed by atoms with Gasteiger partial charge in [0.15, 0.2) is 0 Å². The van der Waals surface area contributed by atoms with Crippen molar-refractivity contribution in [3.8, 4) is 0 Å². The van der Waals surface area contributed by atoms with Gasteiger partial charge in [0.05, 0.1) is 6.61 Å². The molecule has 0 atom stereocenters. The number of aliphatic hydroxyl groups is 1. The van der Waals surface area contributed by atoms with Gasteiger partial charge >= 0.3 is 11.9 Å². The molecule has 0 saturated heterocycles. The van der Waals surface area contributed by atoms with Gasteiger partial charge in [0.1, 0.15) is 6.10 Å². The molecule has 0 amide bonds. The molecule has 0 saturated carbocycles. The largest absolute Gasteiger partial charge is 0.466 e. The zero-order chi connectivity index (χ0) is 35.9. The van der Waals surface area contributed by atoms with Crippen LogP contribution in [0.2, 0.25) is 0 Å². The fraction of sp³-hybridized carbons (Fsp3) is 0.953. The van der Waals surface area contributed by atoms with Crippen LogP contribution in [0.1, 0.15) is 226 Å². The smallest absolute Gasteiger partial charge is 0.306 e. The standard InChI is InChI=1S/C43H85NO5/c1-4-7-10-13-17-24-32-41(33-25-18-14-11-8-5-2)49-43(47)35-27-20-16-22-29-37-44(38-31-39-45)36-28-21-15-19-26-34-42(46)48-40-30-23-12-9-6-3/h41,45H,4-40H2,1-3H3. The lowest BCUT2D eigenvalue weighted by molar-refractivity contribution is -0.150. The molecule has 0 unspecified atom stereocenters. The van der Waals surface area contributed by atoms with Crippen molar-refractivity contribution in [2.45, 2.75) is 232 Å². The Morgan fingerprint density at radius 3 is 1.35 bits per heavy atom. The minimum Gasteiger partial charge on any atom is -0.466 e. The molecule has 0 aromatic rings. The molecule has 0 aliphatic heterocycles. The third-order valence-electron chi connectivity index (χ3n) is 9.91. The van der Waals surface area contributed by atoms with Gasteiger partial charge in [-0.3, -0.25) is 9.59 Å². The molecule has 0 aliphatic rings. The first-order valence-electron chi connectivity index (χ1n) is 21.8. The number of rotatable bonds is 40. The number of nitrogens with zero attached hydrogens (tertiary/aromatic N) is 1. The van der Waals surface area contributed by atoms with Crippen molar-refractivity contribution in [3.05, 3.63) is 0 Å². The summed E-state index contributed by atoms with van der Waals surface area (Å²) in [5, 5.41) is 9.36. The lowest BCUT2D eigenvalue weighted by Crippen LogP contribution is -2.27. The molecule has 49 heavy (non-hydrogen) atoms. The van der Waals surface area contributed by atoms with Crippen molar-refractivity contribution in [2.75, 3.05) is 32.8 Å². The van der Waals surface area contributed by atoms with Gasteiger partial charge < -0.3 is 19.5 Å². The molecule has 6 heteroatoms. The van der Waals surface area contributed by atoms with E-state index in [0.29, 0.717) is 19.4 Å². The van der Waals surface area contributed by atoms with E-state index in [0.717, 1.165) is 77.4 Å². The molecule has 0 spiro atoms. The summed E-state index contributed by atoms with van der Waals surface area (Å²) in [5.74, 6) is -0.0120. The van der Waals surface area contributed by atoms with Crippen LogP contribution in [0.5, 0.6) is 0 Å². The Morgan fingerprint density at radius 1 is 0.469 bits per heavy atom. The van der Waals surface area contributed by atoms with Crippen molar-refractivity contribution in [1.82, 2.24) is 4.90 Å². The van der Waals surface area contributed by atoms with Crippen molar-refractivity contribution in [2.24, 2.45) is 0 Å². The predicted octanol–water partition coefficient (Wildman–Crippen LogP) is 12.3. The summed E-state index contributed by atoms with van der Waals surface area (Å²) in [6.45, 7) is 10.7. The monoisotopic (exact) mass is 696 g/mol. The minimum absolute atomic E-state index is 0.0187. The lowest BCUT2D eigenvalue weighted by Gasteiger charge is -2.22.